The predicted molar refractivity (Wildman–Crippen MR) is 154 cm³/mol. The predicted octanol–water partition coefficient (Wildman–Crippen LogP) is 2.55. The maximum atomic E-state index is 13.9. The van der Waals surface area contributed by atoms with Gasteiger partial charge in [0.25, 0.3) is 5.91 Å². The number of halogens is 1. The van der Waals surface area contributed by atoms with Crippen molar-refractivity contribution in [2.75, 3.05) is 13.2 Å². The van der Waals surface area contributed by atoms with E-state index in [4.69, 9.17) is 9.57 Å². The van der Waals surface area contributed by atoms with Crippen molar-refractivity contribution in [1.82, 2.24) is 14.9 Å². The Kier molecular flexibility index (Phi) is 7.95. The lowest BCUT2D eigenvalue weighted by molar-refractivity contribution is -0.140. The topological polar surface area (TPSA) is 143 Å². The van der Waals surface area contributed by atoms with Gasteiger partial charge in [-0.2, -0.15) is 0 Å². The summed E-state index contributed by atoms with van der Waals surface area (Å²) in [5, 5.41) is 6.49. The van der Waals surface area contributed by atoms with Gasteiger partial charge in [-0.25, -0.2) is 12.8 Å². The number of carbonyl (C=O) groups is 3. The molecule has 1 aromatic rings. The zero-order valence-electron chi connectivity index (χ0n) is 23.9. The highest BCUT2D eigenvalue weighted by molar-refractivity contribution is 7.91. The van der Waals surface area contributed by atoms with E-state index in [9.17, 15) is 27.2 Å². The van der Waals surface area contributed by atoms with Crippen LogP contribution >= 0.6 is 0 Å². The van der Waals surface area contributed by atoms with Crippen LogP contribution < -0.4 is 14.8 Å². The molecule has 2 unspecified atom stereocenters. The Morgan fingerprint density at radius 1 is 1.21 bits per heavy atom. The Hall–Kier alpha value is -3.48. The molecule has 2 N–H and O–H groups in total. The van der Waals surface area contributed by atoms with Gasteiger partial charge < -0.3 is 19.8 Å². The van der Waals surface area contributed by atoms with Gasteiger partial charge in [-0.15, -0.1) is 6.58 Å². The average Bonchev–Trinajstić information content (AvgIpc) is 3.85. The fourth-order valence-corrected chi connectivity index (χ4v) is 7.84. The molecule has 3 aliphatic carbocycles. The molecule has 4 fully saturated rings. The van der Waals surface area contributed by atoms with Crippen molar-refractivity contribution in [3.8, 4) is 5.75 Å². The molecule has 0 aromatic heterocycles. The summed E-state index contributed by atoms with van der Waals surface area (Å²) in [5.74, 6) is -1.63. The molecule has 0 radical (unpaired) electrons. The molecule has 43 heavy (non-hydrogen) atoms. The summed E-state index contributed by atoms with van der Waals surface area (Å²) < 4.78 is 46.6. The molecule has 0 spiro atoms. The van der Waals surface area contributed by atoms with Gasteiger partial charge in [-0.05, 0) is 56.2 Å². The van der Waals surface area contributed by atoms with E-state index >= 15 is 0 Å². The van der Waals surface area contributed by atoms with Gasteiger partial charge in [0.15, 0.2) is 0 Å². The Balaban J connectivity index is 1.19. The Labute approximate surface area is 250 Å². The molecule has 2 aliphatic heterocycles. The van der Waals surface area contributed by atoms with Gasteiger partial charge >= 0.3 is 0 Å². The van der Waals surface area contributed by atoms with Crippen LogP contribution in [0, 0.1) is 17.7 Å². The molecule has 11 nitrogen and oxygen atoms in total. The summed E-state index contributed by atoms with van der Waals surface area (Å²) in [6.07, 6.45) is 7.01. The molecule has 5 aliphatic rings. The van der Waals surface area contributed by atoms with Crippen LogP contribution in [0.5, 0.6) is 5.75 Å². The van der Waals surface area contributed by atoms with Crippen molar-refractivity contribution in [3.63, 3.8) is 0 Å². The lowest BCUT2D eigenvalue weighted by Gasteiger charge is -2.27. The summed E-state index contributed by atoms with van der Waals surface area (Å²) in [6, 6.07) is 3.24. The lowest BCUT2D eigenvalue weighted by atomic mass is 10.0. The van der Waals surface area contributed by atoms with Crippen LogP contribution in [0.25, 0.3) is 0 Å². The zero-order chi connectivity index (χ0) is 30.4. The summed E-state index contributed by atoms with van der Waals surface area (Å²) in [4.78, 5) is 47.8. The fraction of sp³-hybridized carbons (Fsp3) is 0.600. The van der Waals surface area contributed by atoms with Crippen molar-refractivity contribution >= 4 is 33.5 Å². The third-order valence-corrected chi connectivity index (χ3v) is 11.1. The van der Waals surface area contributed by atoms with Gasteiger partial charge in [-0.3, -0.25) is 19.1 Å². The minimum Gasteiger partial charge on any atom is -0.492 e. The molecule has 3 amide bonds. The second-order valence-electron chi connectivity index (χ2n) is 12.3. The number of ether oxygens (including phenoxy) is 1. The molecule has 13 heteroatoms. The maximum Gasteiger partial charge on any atom is 0.259 e. The van der Waals surface area contributed by atoms with Gasteiger partial charge in [0.1, 0.15) is 29.3 Å². The average molecular weight is 617 g/mol. The molecule has 1 aromatic carbocycles. The first-order chi connectivity index (χ1) is 20.6. The van der Waals surface area contributed by atoms with E-state index in [1.54, 1.807) is 0 Å². The van der Waals surface area contributed by atoms with Crippen molar-refractivity contribution in [3.05, 3.63) is 42.2 Å². The largest absolute Gasteiger partial charge is 0.492 e. The number of hydrogen-bond acceptors (Lipinski definition) is 8. The van der Waals surface area contributed by atoms with Gasteiger partial charge in [0.05, 0.1) is 24.1 Å². The lowest BCUT2D eigenvalue weighted by Crippen LogP contribution is -2.56. The molecular formula is C30H37FN4O7S. The molecule has 232 valence electrons. The quantitative estimate of drug-likeness (QED) is 0.304. The van der Waals surface area contributed by atoms with Crippen LogP contribution in [-0.4, -0.2) is 72.8 Å². The summed E-state index contributed by atoms with van der Waals surface area (Å²) >= 11 is 0. The van der Waals surface area contributed by atoms with Crippen LogP contribution in [0.15, 0.2) is 36.0 Å². The Bertz CT molecular complexity index is 1460. The van der Waals surface area contributed by atoms with E-state index < -0.39 is 56.5 Å². The van der Waals surface area contributed by atoms with Gasteiger partial charge in [0, 0.05) is 30.7 Å². The van der Waals surface area contributed by atoms with Crippen molar-refractivity contribution < 1.29 is 36.8 Å². The fourth-order valence-electron chi connectivity index (χ4n) is 6.47. The number of likely N-dealkylation sites (tertiary alicyclic amines) is 1. The SMILES string of the molecule is C=C[C@@H]1C[C@@]1(NC(=O)C1CC(O/N=C2\CCOc3ccc(F)cc32)CN1C(=O)CC1CCCC1)C(=O)NS(=O)(=O)C1CC1. The number of fused-ring (bicyclic) bond motifs is 1. The van der Waals surface area contributed by atoms with Crippen LogP contribution in [0.3, 0.4) is 0 Å². The summed E-state index contributed by atoms with van der Waals surface area (Å²) in [6.45, 7) is 4.21. The molecule has 1 saturated heterocycles. The number of amides is 3. The minimum absolute atomic E-state index is 0.118. The molecule has 4 atom stereocenters. The normalized spacial score (nSPS) is 29.5. The van der Waals surface area contributed by atoms with E-state index in [0.29, 0.717) is 49.3 Å². The summed E-state index contributed by atoms with van der Waals surface area (Å²) in [5.41, 5.74) is -0.446. The van der Waals surface area contributed by atoms with Crippen LogP contribution in [0.2, 0.25) is 0 Å². The van der Waals surface area contributed by atoms with Gasteiger partial charge in [-0.1, -0.05) is 24.1 Å². The number of carbonyl (C=O) groups excluding carboxylic acids is 3. The number of nitrogens with zero attached hydrogens (tertiary/aromatic N) is 2. The number of sulfonamides is 1. The Morgan fingerprint density at radius 3 is 2.67 bits per heavy atom. The van der Waals surface area contributed by atoms with Crippen molar-refractivity contribution in [2.24, 2.45) is 17.0 Å². The van der Waals surface area contributed by atoms with Crippen molar-refractivity contribution in [2.45, 2.75) is 87.1 Å². The second-order valence-corrected chi connectivity index (χ2v) is 14.3. The smallest absolute Gasteiger partial charge is 0.259 e. The van der Waals surface area contributed by atoms with Crippen molar-refractivity contribution in [1.29, 1.82) is 0 Å². The third-order valence-electron chi connectivity index (χ3n) is 9.23. The molecule has 6 rings (SSSR count). The zero-order valence-corrected chi connectivity index (χ0v) is 24.7. The van der Waals surface area contributed by atoms with E-state index in [1.165, 1.54) is 29.2 Å². The van der Waals surface area contributed by atoms with Gasteiger partial charge in [0.2, 0.25) is 21.8 Å². The van der Waals surface area contributed by atoms with E-state index in [0.717, 1.165) is 25.7 Å². The highest BCUT2D eigenvalue weighted by atomic mass is 32.2. The first-order valence-electron chi connectivity index (χ1n) is 15.0. The number of benzene rings is 1. The monoisotopic (exact) mass is 616 g/mol. The molecule has 0 bridgehead atoms. The second kappa shape index (κ2) is 11.5. The highest BCUT2D eigenvalue weighted by Crippen LogP contribution is 2.45. The highest BCUT2D eigenvalue weighted by Gasteiger charge is 2.62. The first-order valence-corrected chi connectivity index (χ1v) is 16.6. The molecule has 3 saturated carbocycles. The van der Waals surface area contributed by atoms with E-state index in [-0.39, 0.29) is 31.2 Å². The summed E-state index contributed by atoms with van der Waals surface area (Å²) in [7, 11) is -3.82. The molecule has 2 heterocycles. The number of nitrogens with one attached hydrogen (secondary N) is 2. The maximum absolute atomic E-state index is 13.9. The standard InChI is InChI=1S/C30H37FN4O7S/c1-2-19-16-30(19,29(38)34-43(39,40)22-8-9-22)32-28(37)25-15-21(17-35(25)27(36)13-18-5-3-4-6-18)42-33-24-11-12-41-26-10-7-20(31)14-23(24)26/h2,7,10,14,18-19,21-22,25H,1,3-6,8-9,11-13,15-17H2,(H,32,37)(H,34,38)/b33-24+/t19-,21?,25?,30+/m1/s1. The van der Waals surface area contributed by atoms with E-state index in [2.05, 4.69) is 21.8 Å². The number of oxime groups is 1. The Morgan fingerprint density at radius 2 is 1.98 bits per heavy atom. The number of rotatable bonds is 10. The minimum atomic E-state index is -3.82. The van der Waals surface area contributed by atoms with Crippen LogP contribution in [0.4, 0.5) is 4.39 Å². The first kappa shape index (κ1) is 29.6. The van der Waals surface area contributed by atoms with Crippen LogP contribution in [-0.2, 0) is 29.2 Å². The van der Waals surface area contributed by atoms with E-state index in [1.807, 2.05) is 0 Å². The number of hydrogen-bond donors (Lipinski definition) is 2. The third kappa shape index (κ3) is 6.13. The molecular weight excluding hydrogens is 579 g/mol. The van der Waals surface area contributed by atoms with Crippen LogP contribution in [0.1, 0.15) is 69.8 Å².